The molecule has 4 aromatic rings. The van der Waals surface area contributed by atoms with Gasteiger partial charge in [0.1, 0.15) is 25.1 Å². The molecule has 2 fully saturated rings. The predicted molar refractivity (Wildman–Crippen MR) is 147 cm³/mol. The van der Waals surface area contributed by atoms with E-state index in [1.54, 1.807) is 0 Å². The van der Waals surface area contributed by atoms with Gasteiger partial charge in [-0.2, -0.15) is 0 Å². The monoisotopic (exact) mass is 510 g/mol. The molecule has 0 spiro atoms. The number of aliphatic imine (C=N–C) groups is 1. The van der Waals surface area contributed by atoms with E-state index in [0.29, 0.717) is 18.1 Å². The molecule has 6 rings (SSSR count). The van der Waals surface area contributed by atoms with Crippen LogP contribution in [-0.4, -0.2) is 41.6 Å². The lowest BCUT2D eigenvalue weighted by molar-refractivity contribution is 0.377. The zero-order valence-corrected chi connectivity index (χ0v) is 20.7. The number of hydrogen-bond donors (Lipinski definition) is 4. The second kappa shape index (κ2) is 10.2. The number of thiazole rings is 1. The molecule has 3 heterocycles. The maximum absolute atomic E-state index is 8.82. The van der Waals surface area contributed by atoms with Crippen molar-refractivity contribution in [2.45, 2.75) is 24.7 Å². The van der Waals surface area contributed by atoms with E-state index >= 15 is 0 Å². The van der Waals surface area contributed by atoms with Crippen molar-refractivity contribution in [1.82, 2.24) is 4.98 Å². The Bertz CT molecular complexity index is 1410. The molecule has 0 amide bonds. The molecule has 2 aliphatic rings. The molecule has 1 aromatic heterocycles. The molecule has 186 valence electrons. The van der Waals surface area contributed by atoms with Crippen LogP contribution in [0.3, 0.4) is 0 Å². The van der Waals surface area contributed by atoms with Crippen LogP contribution in [0.15, 0.2) is 95.3 Å². The first-order valence-electron chi connectivity index (χ1n) is 12.0. The molecule has 37 heavy (non-hydrogen) atoms. The SMILES string of the molecule is N=C(/C(=N\CNc1ccc(C2OC2N)cc1)C1OC1Nc1nc(-c2ccccc2)cs1)c1ccccc1. The summed E-state index contributed by atoms with van der Waals surface area (Å²) in [5.74, 6) is 0. The third-order valence-corrected chi connectivity index (χ3v) is 6.99. The van der Waals surface area contributed by atoms with Gasteiger partial charge in [-0.25, -0.2) is 4.98 Å². The number of anilines is 2. The summed E-state index contributed by atoms with van der Waals surface area (Å²) in [7, 11) is 0. The van der Waals surface area contributed by atoms with Crippen molar-refractivity contribution in [1.29, 1.82) is 5.41 Å². The molecule has 4 unspecified atom stereocenters. The summed E-state index contributed by atoms with van der Waals surface area (Å²) in [5.41, 5.74) is 11.5. The van der Waals surface area contributed by atoms with E-state index in [9.17, 15) is 0 Å². The minimum atomic E-state index is -0.338. The Balaban J connectivity index is 1.14. The van der Waals surface area contributed by atoms with Gasteiger partial charge in [0.25, 0.3) is 0 Å². The van der Waals surface area contributed by atoms with Gasteiger partial charge < -0.3 is 25.8 Å². The zero-order chi connectivity index (χ0) is 25.2. The minimum absolute atomic E-state index is 0.0110. The fraction of sp³-hybridized carbons (Fsp3) is 0.179. The van der Waals surface area contributed by atoms with Gasteiger partial charge in [-0.15, -0.1) is 11.3 Å². The van der Waals surface area contributed by atoms with E-state index in [-0.39, 0.29) is 24.7 Å². The second-order valence-electron chi connectivity index (χ2n) is 8.79. The molecule has 4 atom stereocenters. The number of hydrogen-bond acceptors (Lipinski definition) is 9. The number of benzene rings is 3. The van der Waals surface area contributed by atoms with Crippen LogP contribution in [0.4, 0.5) is 10.8 Å². The number of nitrogens with one attached hydrogen (secondary N) is 3. The fourth-order valence-corrected chi connectivity index (χ4v) is 4.84. The van der Waals surface area contributed by atoms with E-state index in [1.165, 1.54) is 11.3 Å². The number of aromatic nitrogens is 1. The average molecular weight is 511 g/mol. The molecule has 0 bridgehead atoms. The molecule has 0 saturated carbocycles. The molecule has 9 heteroatoms. The number of ether oxygens (including phenoxy) is 2. The highest BCUT2D eigenvalue weighted by Crippen LogP contribution is 2.35. The Kier molecular flexibility index (Phi) is 6.50. The first-order chi connectivity index (χ1) is 18.2. The lowest BCUT2D eigenvalue weighted by Crippen LogP contribution is -2.25. The molecule has 5 N–H and O–H groups in total. The second-order valence-corrected chi connectivity index (χ2v) is 9.65. The van der Waals surface area contributed by atoms with Crippen molar-refractivity contribution in [2.24, 2.45) is 10.7 Å². The smallest absolute Gasteiger partial charge is 0.185 e. The van der Waals surface area contributed by atoms with Gasteiger partial charge in [-0.1, -0.05) is 72.8 Å². The number of epoxide rings is 2. The number of nitrogens with two attached hydrogens (primary N) is 1. The zero-order valence-electron chi connectivity index (χ0n) is 19.9. The summed E-state index contributed by atoms with van der Waals surface area (Å²) in [6.07, 6.45) is -0.846. The maximum Gasteiger partial charge on any atom is 0.185 e. The summed E-state index contributed by atoms with van der Waals surface area (Å²) >= 11 is 1.53. The summed E-state index contributed by atoms with van der Waals surface area (Å²) < 4.78 is 11.3. The van der Waals surface area contributed by atoms with Crippen molar-refractivity contribution in [3.63, 3.8) is 0 Å². The topological polar surface area (TPSA) is 124 Å². The van der Waals surface area contributed by atoms with Crippen LogP contribution in [-0.2, 0) is 9.47 Å². The van der Waals surface area contributed by atoms with Crippen molar-refractivity contribution in [2.75, 3.05) is 17.3 Å². The Labute approximate surface area is 218 Å². The van der Waals surface area contributed by atoms with Crippen molar-refractivity contribution >= 4 is 33.6 Å². The van der Waals surface area contributed by atoms with Crippen molar-refractivity contribution < 1.29 is 9.47 Å². The summed E-state index contributed by atoms with van der Waals surface area (Å²) in [5, 5.41) is 18.3. The third kappa shape index (κ3) is 5.45. The van der Waals surface area contributed by atoms with E-state index in [0.717, 1.165) is 33.2 Å². The summed E-state index contributed by atoms with van der Waals surface area (Å²) in [6, 6.07) is 27.6. The van der Waals surface area contributed by atoms with Gasteiger partial charge >= 0.3 is 0 Å². The largest absolute Gasteiger partial charge is 0.366 e. The molecule has 0 radical (unpaired) electrons. The maximum atomic E-state index is 8.82. The molecular weight excluding hydrogens is 484 g/mol. The molecule has 8 nitrogen and oxygen atoms in total. The van der Waals surface area contributed by atoms with Crippen LogP contribution >= 0.6 is 11.3 Å². The van der Waals surface area contributed by atoms with Crippen molar-refractivity contribution in [3.05, 3.63) is 101 Å². The normalized spacial score (nSPS) is 22.4. The highest BCUT2D eigenvalue weighted by atomic mass is 32.1. The Morgan fingerprint density at radius 1 is 0.973 bits per heavy atom. The van der Waals surface area contributed by atoms with Crippen LogP contribution in [0, 0.1) is 5.41 Å². The Morgan fingerprint density at radius 2 is 1.68 bits per heavy atom. The molecule has 2 saturated heterocycles. The highest BCUT2D eigenvalue weighted by molar-refractivity contribution is 7.14. The third-order valence-electron chi connectivity index (χ3n) is 6.22. The summed E-state index contributed by atoms with van der Waals surface area (Å²) in [4.78, 5) is 9.43. The fourth-order valence-electron chi connectivity index (χ4n) is 4.10. The first-order valence-corrected chi connectivity index (χ1v) is 12.9. The van der Waals surface area contributed by atoms with Crippen LogP contribution in [0.2, 0.25) is 0 Å². The predicted octanol–water partition coefficient (Wildman–Crippen LogP) is 4.88. The average Bonchev–Trinajstić information content (AvgIpc) is 3.82. The number of rotatable bonds is 10. The molecular formula is C28H26N6O2S. The quantitative estimate of drug-likeness (QED) is 0.178. The van der Waals surface area contributed by atoms with Gasteiger partial charge in [0, 0.05) is 22.2 Å². The minimum Gasteiger partial charge on any atom is -0.366 e. The molecule has 3 aromatic carbocycles. The van der Waals surface area contributed by atoms with E-state index in [1.807, 2.05) is 90.3 Å². The van der Waals surface area contributed by atoms with Gasteiger partial charge in [-0.05, 0) is 17.7 Å². The molecule has 0 aliphatic carbocycles. The first kappa shape index (κ1) is 23.5. The van der Waals surface area contributed by atoms with Crippen LogP contribution in [0.1, 0.15) is 17.2 Å². The van der Waals surface area contributed by atoms with Crippen LogP contribution < -0.4 is 16.4 Å². The number of nitrogens with zero attached hydrogens (tertiary/aromatic N) is 2. The molecule has 2 aliphatic heterocycles. The van der Waals surface area contributed by atoms with E-state index in [2.05, 4.69) is 10.6 Å². The lowest BCUT2D eigenvalue weighted by atomic mass is 10.0. The van der Waals surface area contributed by atoms with Gasteiger partial charge in [-0.3, -0.25) is 10.4 Å². The van der Waals surface area contributed by atoms with Gasteiger partial charge in [0.05, 0.1) is 17.1 Å². The van der Waals surface area contributed by atoms with Gasteiger partial charge in [0.2, 0.25) is 0 Å². The van der Waals surface area contributed by atoms with Gasteiger partial charge in [0.15, 0.2) is 11.4 Å². The van der Waals surface area contributed by atoms with E-state index in [4.69, 9.17) is 30.6 Å². The Morgan fingerprint density at radius 3 is 2.38 bits per heavy atom. The lowest BCUT2D eigenvalue weighted by Gasteiger charge is -2.09. The standard InChI is InChI=1S/C28H26N6O2S/c29-22(18-9-5-2-6-10-18)23(32-16-31-20-13-11-19(12-14-20)24-26(30)35-24)25-27(36-25)34-28-33-21(15-37-28)17-7-3-1-4-8-17/h1-15,24-27,29,31H,16,30H2,(H,33,34)/b29-22?,32-23+. The summed E-state index contributed by atoms with van der Waals surface area (Å²) in [6.45, 7) is 0.311. The van der Waals surface area contributed by atoms with E-state index < -0.39 is 0 Å². The highest BCUT2D eigenvalue weighted by Gasteiger charge is 2.45. The van der Waals surface area contributed by atoms with Crippen LogP contribution in [0.5, 0.6) is 0 Å². The van der Waals surface area contributed by atoms with Crippen LogP contribution in [0.25, 0.3) is 11.3 Å². The van der Waals surface area contributed by atoms with Crippen molar-refractivity contribution in [3.8, 4) is 11.3 Å². The Hall–Kier alpha value is -3.89.